The summed E-state index contributed by atoms with van der Waals surface area (Å²) in [5.41, 5.74) is 5.03. The van der Waals surface area contributed by atoms with Crippen LogP contribution in [-0.4, -0.2) is 5.91 Å². The monoisotopic (exact) mass is 309 g/mol. The molecule has 3 rings (SSSR count). The number of pyridine rings is 1. The van der Waals surface area contributed by atoms with Crippen molar-refractivity contribution in [2.45, 2.75) is 52.1 Å². The number of amides is 1. The summed E-state index contributed by atoms with van der Waals surface area (Å²) < 4.78 is 2.04. The van der Waals surface area contributed by atoms with E-state index in [9.17, 15) is 4.79 Å². The first kappa shape index (κ1) is 15.7. The molecular weight excluding hydrogens is 284 g/mol. The molecule has 3 heteroatoms. The van der Waals surface area contributed by atoms with E-state index >= 15 is 0 Å². The largest absolute Gasteiger partial charge is 0.344 e. The summed E-state index contributed by atoms with van der Waals surface area (Å²) in [7, 11) is 0. The summed E-state index contributed by atoms with van der Waals surface area (Å²) in [5, 5.41) is 3.23. The van der Waals surface area contributed by atoms with Crippen molar-refractivity contribution < 1.29 is 9.36 Å². The second-order valence-electron chi connectivity index (χ2n) is 6.37. The number of fused-ring (bicyclic) bond motifs is 1. The van der Waals surface area contributed by atoms with Gasteiger partial charge in [-0.25, -0.2) is 0 Å². The fraction of sp³-hybridized carbons (Fsp3) is 0.400. The van der Waals surface area contributed by atoms with Crippen LogP contribution in [0.1, 0.15) is 48.2 Å². The molecule has 0 fully saturated rings. The number of aryl methyl sites for hydroxylation is 3. The van der Waals surface area contributed by atoms with E-state index in [0.29, 0.717) is 6.54 Å². The number of carbonyl (C=O) groups is 1. The third-order valence-electron chi connectivity index (χ3n) is 4.74. The fourth-order valence-electron chi connectivity index (χ4n) is 3.35. The smallest absolute Gasteiger partial charge is 0.286 e. The molecule has 0 aliphatic heterocycles. The zero-order valence-electron chi connectivity index (χ0n) is 14.0. The Bertz CT molecular complexity index is 709. The third-order valence-corrected chi connectivity index (χ3v) is 4.74. The topological polar surface area (TPSA) is 33.0 Å². The number of benzene rings is 1. The number of rotatable bonds is 4. The summed E-state index contributed by atoms with van der Waals surface area (Å²) in [6, 6.07) is 12.8. The van der Waals surface area contributed by atoms with Crippen molar-refractivity contribution in [2.24, 2.45) is 0 Å². The van der Waals surface area contributed by atoms with E-state index in [4.69, 9.17) is 0 Å². The molecule has 1 aromatic carbocycles. The van der Waals surface area contributed by atoms with Gasteiger partial charge in [-0.1, -0.05) is 31.2 Å². The molecule has 1 aliphatic rings. The van der Waals surface area contributed by atoms with Crippen molar-refractivity contribution in [3.8, 4) is 0 Å². The lowest BCUT2D eigenvalue weighted by Crippen LogP contribution is -2.46. The predicted octanol–water partition coefficient (Wildman–Crippen LogP) is 3.04. The zero-order chi connectivity index (χ0) is 16.2. The molecule has 0 radical (unpaired) electrons. The van der Waals surface area contributed by atoms with E-state index in [0.717, 1.165) is 31.4 Å². The Kier molecular flexibility index (Phi) is 4.75. The normalized spacial score (nSPS) is 16.7. The predicted molar refractivity (Wildman–Crippen MR) is 91.0 cm³/mol. The fourth-order valence-corrected chi connectivity index (χ4v) is 3.35. The molecule has 0 bridgehead atoms. The Morgan fingerprint density at radius 2 is 2.09 bits per heavy atom. The highest BCUT2D eigenvalue weighted by Crippen LogP contribution is 2.29. The van der Waals surface area contributed by atoms with Crippen LogP contribution >= 0.6 is 0 Å². The van der Waals surface area contributed by atoms with Crippen LogP contribution in [0.25, 0.3) is 0 Å². The van der Waals surface area contributed by atoms with Crippen LogP contribution in [0.5, 0.6) is 0 Å². The highest BCUT2D eigenvalue weighted by atomic mass is 16.2. The standard InChI is InChI=1S/C20H24N2O/c1-3-16-12-11-15(2)22(13-16)14-20(23)21-19-10-6-8-17-7-4-5-9-18(17)19/h4-5,7,9,11-13,19H,3,6,8,10,14H2,1-2H3/p+1/t19-/m0/s1. The van der Waals surface area contributed by atoms with Crippen LogP contribution in [0.15, 0.2) is 42.6 Å². The van der Waals surface area contributed by atoms with E-state index < -0.39 is 0 Å². The van der Waals surface area contributed by atoms with Crippen LogP contribution in [0.2, 0.25) is 0 Å². The van der Waals surface area contributed by atoms with E-state index in [1.165, 1.54) is 16.7 Å². The lowest BCUT2D eigenvalue weighted by Gasteiger charge is -2.25. The number of carbonyl (C=O) groups excluding carboxylic acids is 1. The van der Waals surface area contributed by atoms with Crippen molar-refractivity contribution in [3.05, 3.63) is 65.0 Å². The van der Waals surface area contributed by atoms with E-state index in [1.54, 1.807) is 0 Å². The third kappa shape index (κ3) is 3.61. The average molecular weight is 309 g/mol. The molecule has 0 saturated heterocycles. The summed E-state index contributed by atoms with van der Waals surface area (Å²) in [6.07, 6.45) is 6.36. The van der Waals surface area contributed by atoms with Gasteiger partial charge in [0.2, 0.25) is 6.54 Å². The number of hydrogen-bond acceptors (Lipinski definition) is 1. The molecule has 120 valence electrons. The molecule has 0 saturated carbocycles. The van der Waals surface area contributed by atoms with Crippen LogP contribution in [0.4, 0.5) is 0 Å². The molecule has 1 atom stereocenters. The first-order valence-electron chi connectivity index (χ1n) is 8.53. The maximum absolute atomic E-state index is 12.5. The summed E-state index contributed by atoms with van der Waals surface area (Å²) in [4.78, 5) is 12.5. The minimum atomic E-state index is 0.0908. The van der Waals surface area contributed by atoms with Gasteiger partial charge in [-0.15, -0.1) is 0 Å². The number of nitrogens with zero attached hydrogens (tertiary/aromatic N) is 1. The van der Waals surface area contributed by atoms with E-state index in [-0.39, 0.29) is 11.9 Å². The molecular formula is C20H25N2O+. The second kappa shape index (κ2) is 6.95. The van der Waals surface area contributed by atoms with Crippen LogP contribution < -0.4 is 9.88 Å². The first-order valence-corrected chi connectivity index (χ1v) is 8.53. The lowest BCUT2D eigenvalue weighted by molar-refractivity contribution is -0.690. The second-order valence-corrected chi connectivity index (χ2v) is 6.37. The minimum Gasteiger partial charge on any atom is -0.344 e. The number of hydrogen-bond donors (Lipinski definition) is 1. The molecule has 23 heavy (non-hydrogen) atoms. The van der Waals surface area contributed by atoms with Gasteiger partial charge in [0.25, 0.3) is 5.91 Å². The minimum absolute atomic E-state index is 0.0908. The molecule has 1 N–H and O–H groups in total. The van der Waals surface area contributed by atoms with Gasteiger partial charge in [-0.2, -0.15) is 4.57 Å². The summed E-state index contributed by atoms with van der Waals surface area (Å²) >= 11 is 0. The van der Waals surface area contributed by atoms with Crippen LogP contribution in [0, 0.1) is 6.92 Å². The average Bonchev–Trinajstić information content (AvgIpc) is 2.57. The molecule has 0 unspecified atom stereocenters. The highest BCUT2D eigenvalue weighted by Gasteiger charge is 2.23. The highest BCUT2D eigenvalue weighted by molar-refractivity contribution is 5.75. The van der Waals surface area contributed by atoms with Crippen molar-refractivity contribution >= 4 is 5.91 Å². The Hall–Kier alpha value is -2.16. The molecule has 1 aromatic heterocycles. The quantitative estimate of drug-likeness (QED) is 0.865. The SMILES string of the molecule is CCc1ccc(C)[n+](CC(=O)N[C@H]2CCCc3ccccc32)c1. The Morgan fingerprint density at radius 1 is 1.26 bits per heavy atom. The maximum Gasteiger partial charge on any atom is 0.286 e. The molecule has 1 amide bonds. The zero-order valence-corrected chi connectivity index (χ0v) is 14.0. The molecule has 0 spiro atoms. The van der Waals surface area contributed by atoms with Gasteiger partial charge in [0.05, 0.1) is 6.04 Å². The summed E-state index contributed by atoms with van der Waals surface area (Å²) in [5.74, 6) is 0.0908. The lowest BCUT2D eigenvalue weighted by atomic mass is 9.88. The molecule has 3 nitrogen and oxygen atoms in total. The Balaban J connectivity index is 1.71. The molecule has 1 heterocycles. The molecule has 2 aromatic rings. The van der Waals surface area contributed by atoms with E-state index in [2.05, 4.69) is 54.8 Å². The van der Waals surface area contributed by atoms with Crippen molar-refractivity contribution in [3.63, 3.8) is 0 Å². The van der Waals surface area contributed by atoms with Gasteiger partial charge in [0.15, 0.2) is 11.9 Å². The van der Waals surface area contributed by atoms with Gasteiger partial charge in [-0.3, -0.25) is 4.79 Å². The van der Waals surface area contributed by atoms with Gasteiger partial charge >= 0.3 is 0 Å². The molecule has 1 aliphatic carbocycles. The van der Waals surface area contributed by atoms with Gasteiger partial charge in [-0.05, 0) is 42.9 Å². The van der Waals surface area contributed by atoms with Crippen LogP contribution in [-0.2, 0) is 24.2 Å². The number of nitrogens with one attached hydrogen (secondary N) is 1. The maximum atomic E-state index is 12.5. The van der Waals surface area contributed by atoms with Gasteiger partial charge in [0, 0.05) is 18.6 Å². The van der Waals surface area contributed by atoms with Gasteiger partial charge in [0.1, 0.15) is 0 Å². The van der Waals surface area contributed by atoms with Crippen molar-refractivity contribution in [1.29, 1.82) is 0 Å². The van der Waals surface area contributed by atoms with Crippen molar-refractivity contribution in [2.75, 3.05) is 0 Å². The van der Waals surface area contributed by atoms with Crippen molar-refractivity contribution in [1.82, 2.24) is 5.32 Å². The van der Waals surface area contributed by atoms with Crippen LogP contribution in [0.3, 0.4) is 0 Å². The first-order chi connectivity index (χ1) is 11.2. The summed E-state index contributed by atoms with van der Waals surface area (Å²) in [6.45, 7) is 4.56. The Labute approximate surface area is 138 Å². The Morgan fingerprint density at radius 3 is 2.91 bits per heavy atom. The van der Waals surface area contributed by atoms with E-state index in [1.807, 2.05) is 11.5 Å². The van der Waals surface area contributed by atoms with Gasteiger partial charge < -0.3 is 5.32 Å². The number of aromatic nitrogens is 1.